The first-order chi connectivity index (χ1) is 18.0. The van der Waals surface area contributed by atoms with Gasteiger partial charge in [-0.3, -0.25) is 14.7 Å². The smallest absolute Gasteiger partial charge is 0.251 e. The van der Waals surface area contributed by atoms with E-state index in [2.05, 4.69) is 38.4 Å². The lowest BCUT2D eigenvalue weighted by atomic mass is 9.90. The van der Waals surface area contributed by atoms with Crippen molar-refractivity contribution >= 4 is 17.5 Å². The number of nitrogens with zero attached hydrogens (tertiary/aromatic N) is 4. The van der Waals surface area contributed by atoms with E-state index < -0.39 is 0 Å². The van der Waals surface area contributed by atoms with E-state index in [1.165, 1.54) is 23.0 Å². The molecule has 0 fully saturated rings. The Hall–Kier alpha value is -3.55. The molecule has 4 aromatic rings. The first-order valence-electron chi connectivity index (χ1n) is 12.6. The third-order valence-electron chi connectivity index (χ3n) is 6.74. The average Bonchev–Trinajstić information content (AvgIpc) is 3.34. The van der Waals surface area contributed by atoms with Crippen LogP contribution in [0.3, 0.4) is 0 Å². The number of hydrogen-bond donors (Lipinski definition) is 1. The Morgan fingerprint density at radius 2 is 2.00 bits per heavy atom. The topological polar surface area (TPSA) is 84.2 Å². The van der Waals surface area contributed by atoms with Crippen molar-refractivity contribution in [3.8, 4) is 0 Å². The number of oxazole rings is 1. The number of amides is 1. The Morgan fingerprint density at radius 1 is 1.11 bits per heavy atom. The molecular weight excluding hydrogens is 486 g/mol. The van der Waals surface area contributed by atoms with Crippen LogP contribution in [-0.2, 0) is 25.9 Å². The molecule has 8 heteroatoms. The highest BCUT2D eigenvalue weighted by Gasteiger charge is 2.27. The first-order valence-corrected chi connectivity index (χ1v) is 13.0. The first kappa shape index (κ1) is 25.1. The summed E-state index contributed by atoms with van der Waals surface area (Å²) in [4.78, 5) is 28.0. The van der Waals surface area contributed by atoms with Crippen LogP contribution in [0.1, 0.15) is 63.3 Å². The normalized spacial score (nSPS) is 14.9. The zero-order valence-corrected chi connectivity index (χ0v) is 21.6. The lowest BCUT2D eigenvalue weighted by Gasteiger charge is -2.35. The number of aromatic nitrogens is 3. The van der Waals surface area contributed by atoms with E-state index in [0.29, 0.717) is 23.2 Å². The zero-order chi connectivity index (χ0) is 25.6. The van der Waals surface area contributed by atoms with Crippen LogP contribution in [0.5, 0.6) is 0 Å². The fourth-order valence-corrected chi connectivity index (χ4v) is 5.13. The lowest BCUT2D eigenvalue weighted by Crippen LogP contribution is -2.33. The number of pyridine rings is 2. The number of halogens is 1. The minimum atomic E-state index is -0.177. The number of hydrogen-bond acceptors (Lipinski definition) is 6. The van der Waals surface area contributed by atoms with Crippen molar-refractivity contribution in [1.82, 2.24) is 25.2 Å². The Morgan fingerprint density at radius 3 is 2.84 bits per heavy atom. The third-order valence-corrected chi connectivity index (χ3v) is 6.95. The average molecular weight is 516 g/mol. The summed E-state index contributed by atoms with van der Waals surface area (Å²) in [7, 11) is 0. The fourth-order valence-electron chi connectivity index (χ4n) is 4.96. The highest BCUT2D eigenvalue weighted by atomic mass is 35.5. The second-order valence-electron chi connectivity index (χ2n) is 9.39. The predicted molar refractivity (Wildman–Crippen MR) is 142 cm³/mol. The minimum Gasteiger partial charge on any atom is -0.446 e. The second-order valence-corrected chi connectivity index (χ2v) is 9.78. The lowest BCUT2D eigenvalue weighted by molar-refractivity contribution is 0.0950. The Labute approximate surface area is 221 Å². The van der Waals surface area contributed by atoms with Crippen molar-refractivity contribution in [2.45, 2.75) is 51.7 Å². The molecule has 1 unspecified atom stereocenters. The number of benzene rings is 1. The summed E-state index contributed by atoms with van der Waals surface area (Å²) in [5.74, 6) is 1.41. The maximum atomic E-state index is 12.6. The van der Waals surface area contributed by atoms with Crippen molar-refractivity contribution in [3.05, 3.63) is 112 Å². The van der Waals surface area contributed by atoms with Gasteiger partial charge in [-0.05, 0) is 54.2 Å². The summed E-state index contributed by atoms with van der Waals surface area (Å²) in [5, 5.41) is 3.28. The molecule has 0 aliphatic heterocycles. The third kappa shape index (κ3) is 6.42. The Kier molecular flexibility index (Phi) is 7.92. The van der Waals surface area contributed by atoms with Crippen molar-refractivity contribution in [1.29, 1.82) is 0 Å². The van der Waals surface area contributed by atoms with E-state index in [0.717, 1.165) is 50.1 Å². The van der Waals surface area contributed by atoms with Crippen LogP contribution in [0, 0.1) is 6.92 Å². The molecule has 0 radical (unpaired) electrons. The van der Waals surface area contributed by atoms with Crippen LogP contribution in [-0.4, -0.2) is 32.3 Å². The van der Waals surface area contributed by atoms with Gasteiger partial charge in [0.05, 0.1) is 17.9 Å². The predicted octanol–water partition coefficient (Wildman–Crippen LogP) is 5.48. The molecule has 1 aromatic carbocycles. The Bertz CT molecular complexity index is 1370. The standard InChI is InChI=1S/C29H30ClN5O2/c1-20-33-18-25(37-20)11-14-35(26-9-3-7-23-8-4-12-32-28(23)26)19-22-6-2-5-21(15-22)17-34-29(36)24-10-13-31-27(30)16-24/h2,4-6,8,10,12-13,15-16,18,26H,3,7,9,11,14,17,19H2,1H3,(H,34,36). The molecule has 190 valence electrons. The maximum Gasteiger partial charge on any atom is 0.251 e. The van der Waals surface area contributed by atoms with Gasteiger partial charge in [-0.1, -0.05) is 41.9 Å². The molecule has 1 atom stereocenters. The highest BCUT2D eigenvalue weighted by Crippen LogP contribution is 2.34. The van der Waals surface area contributed by atoms with Gasteiger partial charge in [-0.25, -0.2) is 9.97 Å². The molecule has 0 spiro atoms. The van der Waals surface area contributed by atoms with E-state index in [4.69, 9.17) is 21.0 Å². The number of fused-ring (bicyclic) bond motifs is 1. The molecule has 1 amide bonds. The summed E-state index contributed by atoms with van der Waals surface area (Å²) < 4.78 is 5.75. The largest absolute Gasteiger partial charge is 0.446 e. The van der Waals surface area contributed by atoms with Crippen molar-refractivity contribution in [3.63, 3.8) is 0 Å². The van der Waals surface area contributed by atoms with Gasteiger partial charge in [0.25, 0.3) is 5.91 Å². The SMILES string of the molecule is Cc1ncc(CCN(Cc2cccc(CNC(=O)c3ccnc(Cl)c3)c2)C2CCCc3cccnc32)o1. The van der Waals surface area contributed by atoms with Crippen LogP contribution in [0.15, 0.2) is 71.5 Å². The van der Waals surface area contributed by atoms with E-state index in [9.17, 15) is 4.79 Å². The van der Waals surface area contributed by atoms with Gasteiger partial charge in [-0.2, -0.15) is 0 Å². The summed E-state index contributed by atoms with van der Waals surface area (Å²) in [6, 6.07) is 16.1. The van der Waals surface area contributed by atoms with Crippen molar-refractivity contribution in [2.75, 3.05) is 6.54 Å². The van der Waals surface area contributed by atoms with E-state index in [-0.39, 0.29) is 11.9 Å². The second kappa shape index (κ2) is 11.7. The number of carbonyl (C=O) groups excluding carboxylic acids is 1. The highest BCUT2D eigenvalue weighted by molar-refractivity contribution is 6.29. The van der Waals surface area contributed by atoms with Crippen molar-refractivity contribution < 1.29 is 9.21 Å². The van der Waals surface area contributed by atoms with Gasteiger partial charge < -0.3 is 9.73 Å². The molecule has 1 aliphatic rings. The van der Waals surface area contributed by atoms with Gasteiger partial charge in [0, 0.05) is 50.9 Å². The van der Waals surface area contributed by atoms with Gasteiger partial charge in [-0.15, -0.1) is 0 Å². The maximum absolute atomic E-state index is 12.6. The van der Waals surface area contributed by atoms with E-state index in [1.54, 1.807) is 12.1 Å². The summed E-state index contributed by atoms with van der Waals surface area (Å²) >= 11 is 5.93. The van der Waals surface area contributed by atoms with E-state index >= 15 is 0 Å². The zero-order valence-electron chi connectivity index (χ0n) is 20.9. The van der Waals surface area contributed by atoms with Gasteiger partial charge in [0.1, 0.15) is 10.9 Å². The van der Waals surface area contributed by atoms with Crippen LogP contribution in [0.4, 0.5) is 0 Å². The molecule has 3 aromatic heterocycles. The van der Waals surface area contributed by atoms with Crippen LogP contribution < -0.4 is 5.32 Å². The minimum absolute atomic E-state index is 0.177. The number of nitrogens with one attached hydrogen (secondary N) is 1. The molecule has 0 bridgehead atoms. The molecule has 1 N–H and O–H groups in total. The summed E-state index contributed by atoms with van der Waals surface area (Å²) in [6.45, 7) is 3.91. The van der Waals surface area contributed by atoms with Crippen molar-refractivity contribution in [2.24, 2.45) is 0 Å². The Balaban J connectivity index is 1.31. The fraction of sp³-hybridized carbons (Fsp3) is 0.310. The molecule has 37 heavy (non-hydrogen) atoms. The molecule has 1 aliphatic carbocycles. The molecule has 5 rings (SSSR count). The monoisotopic (exact) mass is 515 g/mol. The van der Waals surface area contributed by atoms with Gasteiger partial charge >= 0.3 is 0 Å². The molecule has 7 nitrogen and oxygen atoms in total. The van der Waals surface area contributed by atoms with Gasteiger partial charge in [0.2, 0.25) is 0 Å². The van der Waals surface area contributed by atoms with Gasteiger partial charge in [0.15, 0.2) is 5.89 Å². The van der Waals surface area contributed by atoms with Crippen LogP contribution in [0.25, 0.3) is 0 Å². The van der Waals surface area contributed by atoms with Crippen LogP contribution in [0.2, 0.25) is 5.15 Å². The number of carbonyl (C=O) groups is 1. The van der Waals surface area contributed by atoms with E-state index in [1.807, 2.05) is 37.5 Å². The quantitative estimate of drug-likeness (QED) is 0.297. The molecular formula is C29H30ClN5O2. The van der Waals surface area contributed by atoms with Crippen LogP contribution >= 0.6 is 11.6 Å². The molecule has 0 saturated heterocycles. The molecule has 3 heterocycles. The molecule has 0 saturated carbocycles. The number of aryl methyl sites for hydroxylation is 2. The number of rotatable bonds is 9. The summed E-state index contributed by atoms with van der Waals surface area (Å²) in [6.07, 6.45) is 9.32. The summed E-state index contributed by atoms with van der Waals surface area (Å²) in [5.41, 5.74) is 5.25.